The summed E-state index contributed by atoms with van der Waals surface area (Å²) in [5, 5.41) is 15.1. The average molecular weight is 1060 g/mol. The minimum atomic E-state index is -1.88. The maximum Gasteiger partial charge on any atom is 0.409 e. The molecule has 23 heteroatoms. The van der Waals surface area contributed by atoms with E-state index in [9.17, 15) is 38.7 Å². The number of nitrogens with one attached hydrogen (secondary N) is 1. The Labute approximate surface area is 427 Å². The Morgan fingerprint density at radius 2 is 1.73 bits per heavy atom. The number of nitrogens with zero attached hydrogens (tertiary/aromatic N) is 3. The van der Waals surface area contributed by atoms with Crippen LogP contribution in [0.25, 0.3) is 0 Å². The van der Waals surface area contributed by atoms with Crippen LogP contribution in [-0.2, 0) is 68.4 Å². The maximum absolute atomic E-state index is 14.4. The van der Waals surface area contributed by atoms with E-state index in [4.69, 9.17) is 49.6 Å². The first kappa shape index (κ1) is 57.5. The van der Waals surface area contributed by atoms with Crippen molar-refractivity contribution >= 4 is 80.5 Å². The van der Waals surface area contributed by atoms with Crippen LogP contribution in [0.4, 0.5) is 10.5 Å². The summed E-state index contributed by atoms with van der Waals surface area (Å²) in [6, 6.07) is 2.41. The summed E-state index contributed by atoms with van der Waals surface area (Å²) < 4.78 is 39.9. The third kappa shape index (κ3) is 14.2. The number of likely N-dealkylation sites (N-methyl/N-ethyl adjacent to an activating group) is 1. The van der Waals surface area contributed by atoms with Crippen molar-refractivity contribution in [2.24, 2.45) is 5.92 Å². The molecule has 0 saturated carbocycles. The van der Waals surface area contributed by atoms with E-state index in [-0.39, 0.29) is 69.1 Å². The molecule has 1 aromatic rings. The lowest BCUT2D eigenvalue weighted by Crippen LogP contribution is -2.63. The van der Waals surface area contributed by atoms with E-state index in [1.807, 2.05) is 13.0 Å². The van der Waals surface area contributed by atoms with Crippen molar-refractivity contribution in [2.45, 2.75) is 132 Å². The third-order valence-electron chi connectivity index (χ3n) is 13.2. The highest BCUT2D eigenvalue weighted by molar-refractivity contribution is 8.77. The van der Waals surface area contributed by atoms with Gasteiger partial charge in [0.15, 0.2) is 5.72 Å². The van der Waals surface area contributed by atoms with E-state index < -0.39 is 88.2 Å². The molecule has 3 saturated heterocycles. The van der Waals surface area contributed by atoms with Crippen molar-refractivity contribution in [1.29, 1.82) is 0 Å². The molecule has 8 atom stereocenters. The summed E-state index contributed by atoms with van der Waals surface area (Å²) in [5.74, 6) is -3.27. The molecule has 5 rings (SSSR count). The smallest absolute Gasteiger partial charge is 0.409 e. The minimum Gasteiger partial charge on any atom is -0.495 e. The van der Waals surface area contributed by atoms with E-state index >= 15 is 0 Å². The summed E-state index contributed by atoms with van der Waals surface area (Å²) in [4.78, 5) is 99.1. The second kappa shape index (κ2) is 25.0. The van der Waals surface area contributed by atoms with E-state index in [1.54, 1.807) is 45.2 Å². The molecule has 4 aliphatic heterocycles. The number of imide groups is 1. The number of hydrogen-bond donors (Lipinski definition) is 2. The lowest BCUT2D eigenvalue weighted by Gasteiger charge is -2.42. The molecule has 0 spiro atoms. The van der Waals surface area contributed by atoms with Gasteiger partial charge in [0.25, 0.3) is 11.8 Å². The molecule has 1 aromatic carbocycles. The number of amides is 5. The number of benzene rings is 1. The highest BCUT2D eigenvalue weighted by Gasteiger charge is 2.64. The van der Waals surface area contributed by atoms with Gasteiger partial charge in [-0.15, -0.1) is 5.06 Å². The number of rotatable bonds is 19. The lowest BCUT2D eigenvalue weighted by atomic mass is 9.83. The average Bonchev–Trinajstić information content (AvgIpc) is 3.93. The van der Waals surface area contributed by atoms with Crippen LogP contribution >= 0.6 is 33.2 Å². The molecule has 3 fully saturated rings. The van der Waals surface area contributed by atoms with Crippen molar-refractivity contribution in [3.05, 3.63) is 46.5 Å². The van der Waals surface area contributed by atoms with Crippen LogP contribution in [0, 0.1) is 5.92 Å². The van der Waals surface area contributed by atoms with E-state index in [0.29, 0.717) is 35.1 Å². The van der Waals surface area contributed by atoms with Crippen LogP contribution in [-0.4, -0.2) is 165 Å². The number of aliphatic hydroxyl groups is 1. The number of hydroxylamine groups is 2. The number of allylic oxidation sites excluding steroid dienone is 3. The second-order valence-electron chi connectivity index (χ2n) is 18.5. The molecular weight excluding hydrogens is 988 g/mol. The number of hydrogen-bond acceptors (Lipinski definition) is 18. The molecule has 4 aliphatic rings. The lowest BCUT2D eigenvalue weighted by molar-refractivity contribution is -0.197. The molecule has 4 bridgehead atoms. The zero-order valence-electron chi connectivity index (χ0n) is 41.9. The number of epoxide rings is 1. The van der Waals surface area contributed by atoms with E-state index in [2.05, 4.69) is 5.32 Å². The molecule has 20 nitrogen and oxygen atoms in total. The predicted molar refractivity (Wildman–Crippen MR) is 263 cm³/mol. The fourth-order valence-electron chi connectivity index (χ4n) is 8.78. The second-order valence-corrected chi connectivity index (χ2v) is 21.8. The highest BCUT2D eigenvalue weighted by atomic mass is 35.5. The zero-order chi connectivity index (χ0) is 52.4. The van der Waals surface area contributed by atoms with Crippen molar-refractivity contribution in [3.63, 3.8) is 0 Å². The van der Waals surface area contributed by atoms with E-state index in [1.165, 1.54) is 73.8 Å². The van der Waals surface area contributed by atoms with Crippen molar-refractivity contribution in [1.82, 2.24) is 15.3 Å². The van der Waals surface area contributed by atoms with Gasteiger partial charge in [-0.25, -0.2) is 14.4 Å². The first-order valence-corrected chi connectivity index (χ1v) is 25.9. The van der Waals surface area contributed by atoms with Crippen molar-refractivity contribution in [3.8, 4) is 5.75 Å². The normalized spacial score (nSPS) is 27.7. The molecule has 4 heterocycles. The monoisotopic (exact) mass is 1050 g/mol. The van der Waals surface area contributed by atoms with Gasteiger partial charge < -0.3 is 52.9 Å². The number of methoxy groups -OCH3 is 4. The molecule has 5 amide bonds. The van der Waals surface area contributed by atoms with Crippen LogP contribution in [0.3, 0.4) is 0 Å². The number of ether oxygens (including phenoxy) is 7. The SMILES string of the molecule is COCC(CCC(=O)N(C)[C@@H](C)C(=O)O[C@H]1CC(=O)N(C)c2cc(cc(OC)c2Cl)C/C(C)=C/C=C/[C@@H](OC)[C@@]2(O)CC(OC(=O)N2)[C@@H](C)[C@@H]2O[C@@]12C)(COC)SSCCCC(=O)ON1C(=O)CCC1=O. The first-order valence-electron chi connectivity index (χ1n) is 23.3. The van der Waals surface area contributed by atoms with Gasteiger partial charge in [0, 0.05) is 79.2 Å². The molecule has 71 heavy (non-hydrogen) atoms. The van der Waals surface area contributed by atoms with Crippen LogP contribution in [0.2, 0.25) is 5.02 Å². The topological polar surface area (TPSA) is 239 Å². The Morgan fingerprint density at radius 1 is 1.06 bits per heavy atom. The van der Waals surface area contributed by atoms with Gasteiger partial charge in [-0.2, -0.15) is 0 Å². The fraction of sp³-hybridized carbons (Fsp3) is 0.646. The van der Waals surface area contributed by atoms with Crippen LogP contribution in [0.1, 0.15) is 84.6 Å². The summed E-state index contributed by atoms with van der Waals surface area (Å²) in [6.07, 6.45) is 1.01. The number of halogens is 1. The number of carbonyl (C=O) groups is 7. The van der Waals surface area contributed by atoms with Crippen molar-refractivity contribution in [2.75, 3.05) is 66.4 Å². The summed E-state index contributed by atoms with van der Waals surface area (Å²) in [6.45, 7) is 7.29. The Hall–Kier alpha value is -4.42. The number of anilines is 1. The van der Waals surface area contributed by atoms with Crippen LogP contribution in [0.15, 0.2) is 35.9 Å². The standard InChI is InChI=1S/C48H67ClN4O16S2/c1-28-13-11-14-35(65-10)48(61)25-34(66-45(60)50-48)29(2)43-46(4,68-43)36(24-40(57)52(6)32-22-31(21-28)23-33(64-9)42(32)49)67-44(59)30(3)51(5)37(54)18-19-47(26-62-7,27-63-8)71-70-20-12-15-41(58)69-53-38(55)16-17-39(53)56/h11,13-14,22-23,29-30,34-36,43,61H,12,15-21,24-27H2,1-10H3,(H,50,60)/b14-11+,28-13+/t29-,30+,34?,35-,36+,43+,46+,48+/m1/s1. The van der Waals surface area contributed by atoms with Gasteiger partial charge in [-0.3, -0.25) is 24.5 Å². The third-order valence-corrected chi connectivity index (χ3v) is 16.8. The number of esters is 1. The van der Waals surface area contributed by atoms with Crippen molar-refractivity contribution < 1.29 is 76.7 Å². The van der Waals surface area contributed by atoms with Crippen LogP contribution in [0.5, 0.6) is 5.75 Å². The fourth-order valence-corrected chi connectivity index (χ4v) is 12.1. The van der Waals surface area contributed by atoms with Gasteiger partial charge in [0.2, 0.25) is 11.8 Å². The summed E-state index contributed by atoms with van der Waals surface area (Å²) >= 11 is 6.83. The maximum atomic E-state index is 14.4. The minimum absolute atomic E-state index is 0.00218. The summed E-state index contributed by atoms with van der Waals surface area (Å²) in [5.41, 5.74) is -1.17. The molecule has 394 valence electrons. The van der Waals surface area contributed by atoms with E-state index in [0.717, 1.165) is 11.1 Å². The quantitative estimate of drug-likeness (QED) is 0.0603. The van der Waals surface area contributed by atoms with Gasteiger partial charge in [0.05, 0.1) is 43.3 Å². The molecular formula is C48H67ClN4O16S2. The number of alkyl carbamates (subject to hydrolysis) is 1. The first-order chi connectivity index (χ1) is 33.5. The molecule has 0 aliphatic carbocycles. The Kier molecular flexibility index (Phi) is 20.2. The Balaban J connectivity index is 1.33. The molecule has 0 aromatic heterocycles. The molecule has 1 unspecified atom stereocenters. The van der Waals surface area contributed by atoms with Gasteiger partial charge in [-0.05, 0) is 57.7 Å². The number of fused-ring (bicyclic) bond motifs is 5. The van der Waals surface area contributed by atoms with Crippen LogP contribution < -0.4 is 15.0 Å². The molecule has 2 N–H and O–H groups in total. The summed E-state index contributed by atoms with van der Waals surface area (Å²) in [7, 11) is 11.8. The predicted octanol–water partition coefficient (Wildman–Crippen LogP) is 5.10. The number of carbonyl (C=O) groups excluding carboxylic acids is 7. The zero-order valence-corrected chi connectivity index (χ0v) is 44.3. The van der Waals surface area contributed by atoms with Gasteiger partial charge >= 0.3 is 18.0 Å². The largest absolute Gasteiger partial charge is 0.495 e. The van der Waals surface area contributed by atoms with Gasteiger partial charge in [-0.1, -0.05) is 63.9 Å². The Morgan fingerprint density at radius 3 is 2.37 bits per heavy atom. The molecule has 0 radical (unpaired) electrons. The highest BCUT2D eigenvalue weighted by Crippen LogP contribution is 2.49. The van der Waals surface area contributed by atoms with Gasteiger partial charge in [0.1, 0.15) is 40.7 Å². The Bertz CT molecular complexity index is 2190.